The zero-order chi connectivity index (χ0) is 11.7. The molecule has 0 aromatic carbocycles. The molecule has 0 nitrogen and oxygen atoms in total. The summed E-state index contributed by atoms with van der Waals surface area (Å²) in [5, 5.41) is 0. The lowest BCUT2D eigenvalue weighted by Gasteiger charge is -2.18. The van der Waals surface area contributed by atoms with E-state index in [1.54, 1.807) is 0 Å². The van der Waals surface area contributed by atoms with Gasteiger partial charge in [0, 0.05) is 0 Å². The second-order valence-electron chi connectivity index (χ2n) is 5.73. The molecule has 2 atom stereocenters. The molecule has 0 saturated heterocycles. The molecule has 0 fully saturated rings. The van der Waals surface area contributed by atoms with Crippen molar-refractivity contribution in [2.75, 3.05) is 0 Å². The predicted octanol–water partition coefficient (Wildman–Crippen LogP) is 5.67. The van der Waals surface area contributed by atoms with Crippen molar-refractivity contribution in [3.05, 3.63) is 0 Å². The molecular formula is C15H32. The second-order valence-corrected chi connectivity index (χ2v) is 5.73. The molecule has 0 aliphatic carbocycles. The molecule has 0 heterocycles. The van der Waals surface area contributed by atoms with E-state index in [0.717, 1.165) is 17.8 Å². The van der Waals surface area contributed by atoms with Gasteiger partial charge in [0.2, 0.25) is 0 Å². The predicted molar refractivity (Wildman–Crippen MR) is 71.2 cm³/mol. The SMILES string of the molecule is CCCCC(CC)CCC(C)CC(C)C. The summed E-state index contributed by atoms with van der Waals surface area (Å²) in [7, 11) is 0. The van der Waals surface area contributed by atoms with Crippen LogP contribution in [0.25, 0.3) is 0 Å². The monoisotopic (exact) mass is 212 g/mol. The van der Waals surface area contributed by atoms with Crippen molar-refractivity contribution in [2.24, 2.45) is 17.8 Å². The molecule has 0 aliphatic heterocycles. The van der Waals surface area contributed by atoms with E-state index in [0.29, 0.717) is 0 Å². The Morgan fingerprint density at radius 3 is 2.00 bits per heavy atom. The highest BCUT2D eigenvalue weighted by Gasteiger charge is 2.10. The Morgan fingerprint density at radius 1 is 0.867 bits per heavy atom. The Labute approximate surface area is 97.8 Å². The lowest BCUT2D eigenvalue weighted by molar-refractivity contribution is 0.341. The van der Waals surface area contributed by atoms with E-state index in [1.807, 2.05) is 0 Å². The Morgan fingerprint density at radius 2 is 1.53 bits per heavy atom. The van der Waals surface area contributed by atoms with E-state index in [-0.39, 0.29) is 0 Å². The largest absolute Gasteiger partial charge is 0.0654 e. The molecule has 0 aromatic rings. The highest BCUT2D eigenvalue weighted by molar-refractivity contribution is 4.62. The summed E-state index contributed by atoms with van der Waals surface area (Å²) >= 11 is 0. The highest BCUT2D eigenvalue weighted by Crippen LogP contribution is 2.23. The maximum Gasteiger partial charge on any atom is -0.0417 e. The summed E-state index contributed by atoms with van der Waals surface area (Å²) in [5.74, 6) is 2.80. The molecule has 0 rings (SSSR count). The van der Waals surface area contributed by atoms with E-state index in [4.69, 9.17) is 0 Å². The fraction of sp³-hybridized carbons (Fsp3) is 1.00. The minimum absolute atomic E-state index is 0.871. The zero-order valence-electron chi connectivity index (χ0n) is 11.7. The molecule has 0 saturated carbocycles. The van der Waals surface area contributed by atoms with Gasteiger partial charge in [0.05, 0.1) is 0 Å². The standard InChI is InChI=1S/C15H32/c1-6-8-9-15(7-2)11-10-14(5)12-13(3)4/h13-15H,6-12H2,1-5H3. The number of unbranched alkanes of at least 4 members (excludes halogenated alkanes) is 1. The molecule has 0 bridgehead atoms. The van der Waals surface area contributed by atoms with Crippen molar-refractivity contribution < 1.29 is 0 Å². The van der Waals surface area contributed by atoms with Crippen LogP contribution < -0.4 is 0 Å². The van der Waals surface area contributed by atoms with Gasteiger partial charge in [-0.25, -0.2) is 0 Å². The van der Waals surface area contributed by atoms with Gasteiger partial charge in [-0.05, 0) is 24.2 Å². The minimum Gasteiger partial charge on any atom is -0.0654 e. The second kappa shape index (κ2) is 9.24. The van der Waals surface area contributed by atoms with Gasteiger partial charge >= 0.3 is 0 Å². The Bertz CT molecular complexity index is 126. The van der Waals surface area contributed by atoms with E-state index < -0.39 is 0 Å². The van der Waals surface area contributed by atoms with E-state index >= 15 is 0 Å². The molecule has 92 valence electrons. The molecule has 0 spiro atoms. The van der Waals surface area contributed by atoms with Crippen LogP contribution in [0.3, 0.4) is 0 Å². The van der Waals surface area contributed by atoms with Crippen LogP contribution in [0.15, 0.2) is 0 Å². The number of hydrogen-bond acceptors (Lipinski definition) is 0. The average Bonchev–Trinajstić information content (AvgIpc) is 2.17. The van der Waals surface area contributed by atoms with Crippen LogP contribution in [0.5, 0.6) is 0 Å². The Balaban J connectivity index is 3.60. The van der Waals surface area contributed by atoms with Gasteiger partial charge in [-0.1, -0.05) is 73.1 Å². The maximum absolute atomic E-state index is 2.42. The molecule has 0 heteroatoms. The van der Waals surface area contributed by atoms with Crippen molar-refractivity contribution >= 4 is 0 Å². The van der Waals surface area contributed by atoms with Crippen molar-refractivity contribution in [2.45, 2.75) is 79.6 Å². The fourth-order valence-corrected chi connectivity index (χ4v) is 2.49. The third kappa shape index (κ3) is 8.96. The Hall–Kier alpha value is 0. The van der Waals surface area contributed by atoms with Gasteiger partial charge in [0.15, 0.2) is 0 Å². The molecule has 0 N–H and O–H groups in total. The van der Waals surface area contributed by atoms with E-state index in [1.165, 1.54) is 44.9 Å². The highest BCUT2D eigenvalue weighted by atomic mass is 14.2. The van der Waals surface area contributed by atoms with Gasteiger partial charge in [-0.2, -0.15) is 0 Å². The lowest BCUT2D eigenvalue weighted by Crippen LogP contribution is -2.05. The van der Waals surface area contributed by atoms with Gasteiger partial charge in [-0.3, -0.25) is 0 Å². The average molecular weight is 212 g/mol. The quantitative estimate of drug-likeness (QED) is 0.462. The van der Waals surface area contributed by atoms with E-state index in [9.17, 15) is 0 Å². The number of rotatable bonds is 9. The van der Waals surface area contributed by atoms with Gasteiger partial charge in [0.25, 0.3) is 0 Å². The number of hydrogen-bond donors (Lipinski definition) is 0. The first-order chi connectivity index (χ1) is 7.10. The van der Waals surface area contributed by atoms with Crippen LogP contribution in [0.4, 0.5) is 0 Å². The summed E-state index contributed by atoms with van der Waals surface area (Å²) in [6.45, 7) is 11.8. The van der Waals surface area contributed by atoms with Crippen molar-refractivity contribution in [1.82, 2.24) is 0 Å². The van der Waals surface area contributed by atoms with Gasteiger partial charge < -0.3 is 0 Å². The third-order valence-electron chi connectivity index (χ3n) is 3.48. The summed E-state index contributed by atoms with van der Waals surface area (Å²) in [5.41, 5.74) is 0. The van der Waals surface area contributed by atoms with Crippen LogP contribution in [0.1, 0.15) is 79.6 Å². The Kier molecular flexibility index (Phi) is 9.24. The van der Waals surface area contributed by atoms with Crippen molar-refractivity contribution in [3.8, 4) is 0 Å². The first-order valence-corrected chi connectivity index (χ1v) is 7.10. The molecule has 0 aromatic heterocycles. The smallest absolute Gasteiger partial charge is 0.0417 e. The third-order valence-corrected chi connectivity index (χ3v) is 3.48. The molecule has 15 heavy (non-hydrogen) atoms. The molecular weight excluding hydrogens is 180 g/mol. The van der Waals surface area contributed by atoms with E-state index in [2.05, 4.69) is 34.6 Å². The summed E-state index contributed by atoms with van der Waals surface area (Å²) in [6.07, 6.45) is 9.94. The van der Waals surface area contributed by atoms with Crippen molar-refractivity contribution in [1.29, 1.82) is 0 Å². The van der Waals surface area contributed by atoms with Crippen LogP contribution in [0, 0.1) is 17.8 Å². The fourth-order valence-electron chi connectivity index (χ4n) is 2.49. The minimum atomic E-state index is 0.871. The first-order valence-electron chi connectivity index (χ1n) is 7.10. The van der Waals surface area contributed by atoms with Crippen LogP contribution in [-0.4, -0.2) is 0 Å². The molecule has 0 amide bonds. The zero-order valence-corrected chi connectivity index (χ0v) is 11.7. The van der Waals surface area contributed by atoms with Gasteiger partial charge in [0.1, 0.15) is 0 Å². The maximum atomic E-state index is 2.42. The lowest BCUT2D eigenvalue weighted by atomic mass is 9.88. The van der Waals surface area contributed by atoms with Crippen LogP contribution >= 0.6 is 0 Å². The first kappa shape index (κ1) is 15.0. The van der Waals surface area contributed by atoms with Crippen LogP contribution in [-0.2, 0) is 0 Å². The summed E-state index contributed by atoms with van der Waals surface area (Å²) < 4.78 is 0. The van der Waals surface area contributed by atoms with Crippen molar-refractivity contribution in [3.63, 3.8) is 0 Å². The summed E-state index contributed by atoms with van der Waals surface area (Å²) in [4.78, 5) is 0. The summed E-state index contributed by atoms with van der Waals surface area (Å²) in [6, 6.07) is 0. The normalized spacial score (nSPS) is 15.6. The molecule has 0 aliphatic rings. The molecule has 0 radical (unpaired) electrons. The van der Waals surface area contributed by atoms with Crippen LogP contribution in [0.2, 0.25) is 0 Å². The topological polar surface area (TPSA) is 0 Å². The molecule has 2 unspecified atom stereocenters. The van der Waals surface area contributed by atoms with Gasteiger partial charge in [-0.15, -0.1) is 0 Å².